The normalized spacial score (nSPS) is 10.8. The molecular formula is C25H48. The second-order valence-corrected chi connectivity index (χ2v) is 8.17. The maximum absolute atomic E-state index is 4.13. The molecule has 0 aromatic carbocycles. The van der Waals surface area contributed by atoms with Crippen molar-refractivity contribution in [3.63, 3.8) is 0 Å². The second kappa shape index (κ2) is 16.4. The lowest BCUT2D eigenvalue weighted by atomic mass is 9.86. The summed E-state index contributed by atoms with van der Waals surface area (Å²) in [5.41, 5.74) is 6.91. The molecule has 0 heteroatoms. The largest absolute Gasteiger partial charge is 0.0998 e. The molecule has 0 spiro atoms. The van der Waals surface area contributed by atoms with Crippen molar-refractivity contribution in [1.82, 2.24) is 0 Å². The molecule has 0 amide bonds. The Morgan fingerprint density at radius 2 is 1.32 bits per heavy atom. The highest BCUT2D eigenvalue weighted by atomic mass is 14.2. The fraction of sp³-hybridized carbons (Fsp3) is 0.680. The first kappa shape index (κ1) is 28.8. The summed E-state index contributed by atoms with van der Waals surface area (Å²) in [7, 11) is 0. The van der Waals surface area contributed by atoms with Crippen LogP contribution in [0.25, 0.3) is 0 Å². The molecule has 0 aliphatic rings. The molecule has 0 saturated carbocycles. The van der Waals surface area contributed by atoms with E-state index in [1.54, 1.807) is 0 Å². The summed E-state index contributed by atoms with van der Waals surface area (Å²) in [6, 6.07) is 0. The zero-order valence-electron chi connectivity index (χ0n) is 19.5. The van der Waals surface area contributed by atoms with Crippen LogP contribution in [0.2, 0.25) is 0 Å². The van der Waals surface area contributed by atoms with Crippen LogP contribution in [-0.4, -0.2) is 0 Å². The molecule has 0 rings (SSSR count). The minimum Gasteiger partial charge on any atom is -0.0998 e. The van der Waals surface area contributed by atoms with E-state index in [1.165, 1.54) is 47.1 Å². The Bertz CT molecular complexity index is 415. The van der Waals surface area contributed by atoms with E-state index in [9.17, 15) is 0 Å². The zero-order valence-corrected chi connectivity index (χ0v) is 19.5. The molecule has 0 atom stereocenters. The molecule has 0 aliphatic heterocycles. The number of hydrogen-bond acceptors (Lipinski definition) is 0. The van der Waals surface area contributed by atoms with Gasteiger partial charge in [-0.2, -0.15) is 0 Å². The molecule has 0 aliphatic carbocycles. The quantitative estimate of drug-likeness (QED) is 0.317. The van der Waals surface area contributed by atoms with E-state index >= 15 is 0 Å². The van der Waals surface area contributed by atoms with Crippen LogP contribution in [0.3, 0.4) is 0 Å². The summed E-state index contributed by atoms with van der Waals surface area (Å²) in [6.45, 7) is 31.9. The Labute approximate surface area is 161 Å². The monoisotopic (exact) mass is 348 g/mol. The fourth-order valence-electron chi connectivity index (χ4n) is 1.83. The van der Waals surface area contributed by atoms with Crippen molar-refractivity contribution in [2.75, 3.05) is 0 Å². The molecule has 0 bridgehead atoms. The van der Waals surface area contributed by atoms with Gasteiger partial charge in [0.15, 0.2) is 0 Å². The SMILES string of the molecule is C=C(C)CC(/C=C(\CCC(C)(C)C)C(=C)C)=C(C)C.CC.CCCC. The van der Waals surface area contributed by atoms with Gasteiger partial charge in [0.2, 0.25) is 0 Å². The van der Waals surface area contributed by atoms with Gasteiger partial charge in [0.1, 0.15) is 0 Å². The van der Waals surface area contributed by atoms with Crippen LogP contribution in [-0.2, 0) is 0 Å². The molecule has 0 heterocycles. The van der Waals surface area contributed by atoms with Gasteiger partial charge in [0, 0.05) is 0 Å². The number of unbranched alkanes of at least 4 members (excludes halogenated alkanes) is 1. The maximum Gasteiger partial charge on any atom is -0.00731 e. The summed E-state index contributed by atoms with van der Waals surface area (Å²) in [5, 5.41) is 0. The average molecular weight is 349 g/mol. The lowest BCUT2D eigenvalue weighted by Crippen LogP contribution is -2.05. The predicted octanol–water partition coefficient (Wildman–Crippen LogP) is 9.45. The van der Waals surface area contributed by atoms with Gasteiger partial charge in [-0.05, 0) is 63.5 Å². The van der Waals surface area contributed by atoms with E-state index in [4.69, 9.17) is 0 Å². The molecule has 0 saturated heterocycles. The summed E-state index contributed by atoms with van der Waals surface area (Å²) < 4.78 is 0. The second-order valence-electron chi connectivity index (χ2n) is 8.17. The van der Waals surface area contributed by atoms with Gasteiger partial charge in [0.25, 0.3) is 0 Å². The first-order valence-electron chi connectivity index (χ1n) is 10.1. The molecule has 0 aromatic heterocycles. The van der Waals surface area contributed by atoms with Gasteiger partial charge in [-0.3, -0.25) is 0 Å². The van der Waals surface area contributed by atoms with Crippen molar-refractivity contribution in [3.8, 4) is 0 Å². The van der Waals surface area contributed by atoms with Crippen molar-refractivity contribution in [2.45, 2.75) is 108 Å². The van der Waals surface area contributed by atoms with Crippen LogP contribution in [0.1, 0.15) is 108 Å². The summed E-state index contributed by atoms with van der Waals surface area (Å²) >= 11 is 0. The Morgan fingerprint density at radius 3 is 1.56 bits per heavy atom. The van der Waals surface area contributed by atoms with Crippen LogP contribution in [0.15, 0.2) is 47.1 Å². The Balaban J connectivity index is -0.000000701. The number of rotatable bonds is 7. The predicted molar refractivity (Wildman–Crippen MR) is 121 cm³/mol. The van der Waals surface area contributed by atoms with Crippen LogP contribution in [0, 0.1) is 5.41 Å². The van der Waals surface area contributed by atoms with Gasteiger partial charge < -0.3 is 0 Å². The lowest BCUT2D eigenvalue weighted by Gasteiger charge is -2.20. The van der Waals surface area contributed by atoms with Crippen molar-refractivity contribution in [2.24, 2.45) is 5.41 Å². The Hall–Kier alpha value is -1.04. The molecule has 148 valence electrons. The highest BCUT2D eigenvalue weighted by molar-refractivity contribution is 5.38. The molecular weight excluding hydrogens is 300 g/mol. The number of hydrogen-bond donors (Lipinski definition) is 0. The minimum atomic E-state index is 0.369. The highest BCUT2D eigenvalue weighted by Crippen LogP contribution is 2.28. The van der Waals surface area contributed by atoms with Crippen LogP contribution in [0.4, 0.5) is 0 Å². The first-order valence-corrected chi connectivity index (χ1v) is 10.1. The lowest BCUT2D eigenvalue weighted by molar-refractivity contribution is 0.378. The standard InChI is InChI=1S/C19H32.C4H10.C2H6/c1-14(2)12-18(16(5)6)13-17(15(3)4)10-11-19(7,8)9;1-3-4-2;1-2/h13H,1,3,10-12H2,2,4-9H3;3-4H2,1-2H3;1-2H3/b17-13+;;. The van der Waals surface area contributed by atoms with E-state index in [1.807, 2.05) is 13.8 Å². The third kappa shape index (κ3) is 20.9. The van der Waals surface area contributed by atoms with E-state index in [0.717, 1.165) is 12.8 Å². The molecule has 0 fully saturated rings. The first-order chi connectivity index (χ1) is 11.4. The fourth-order valence-corrected chi connectivity index (χ4v) is 1.83. The molecule has 0 N–H and O–H groups in total. The average Bonchev–Trinajstić information content (AvgIpc) is 2.50. The van der Waals surface area contributed by atoms with Gasteiger partial charge >= 0.3 is 0 Å². The topological polar surface area (TPSA) is 0 Å². The summed E-state index contributed by atoms with van der Waals surface area (Å²) in [4.78, 5) is 0. The van der Waals surface area contributed by atoms with Crippen molar-refractivity contribution in [1.29, 1.82) is 0 Å². The van der Waals surface area contributed by atoms with Crippen molar-refractivity contribution < 1.29 is 0 Å². The molecule has 0 radical (unpaired) electrons. The Kier molecular flexibility index (Phi) is 18.9. The summed E-state index contributed by atoms with van der Waals surface area (Å²) in [6.07, 6.45) is 8.23. The van der Waals surface area contributed by atoms with Crippen molar-refractivity contribution in [3.05, 3.63) is 47.1 Å². The van der Waals surface area contributed by atoms with Crippen molar-refractivity contribution >= 4 is 0 Å². The van der Waals surface area contributed by atoms with Gasteiger partial charge in [0.05, 0.1) is 0 Å². The van der Waals surface area contributed by atoms with E-state index < -0.39 is 0 Å². The highest BCUT2D eigenvalue weighted by Gasteiger charge is 2.12. The van der Waals surface area contributed by atoms with E-state index in [2.05, 4.69) is 81.5 Å². The summed E-state index contributed by atoms with van der Waals surface area (Å²) in [5.74, 6) is 0. The van der Waals surface area contributed by atoms with Crippen LogP contribution in [0.5, 0.6) is 0 Å². The van der Waals surface area contributed by atoms with Gasteiger partial charge in [-0.25, -0.2) is 0 Å². The van der Waals surface area contributed by atoms with Crippen LogP contribution < -0.4 is 0 Å². The van der Waals surface area contributed by atoms with Gasteiger partial charge in [-0.15, -0.1) is 0 Å². The third-order valence-corrected chi connectivity index (χ3v) is 3.68. The number of allylic oxidation sites excluding steroid dienone is 6. The van der Waals surface area contributed by atoms with E-state index in [0.29, 0.717) is 5.41 Å². The maximum atomic E-state index is 4.13. The molecule has 25 heavy (non-hydrogen) atoms. The van der Waals surface area contributed by atoms with Gasteiger partial charge in [-0.1, -0.05) is 97.3 Å². The smallest absolute Gasteiger partial charge is 0.00731 e. The molecule has 0 nitrogen and oxygen atoms in total. The van der Waals surface area contributed by atoms with Crippen LogP contribution >= 0.6 is 0 Å². The zero-order chi connectivity index (χ0) is 20.6. The minimum absolute atomic E-state index is 0.369. The van der Waals surface area contributed by atoms with E-state index in [-0.39, 0.29) is 0 Å². The molecule has 0 aromatic rings. The molecule has 0 unspecified atom stereocenters. The third-order valence-electron chi connectivity index (χ3n) is 3.68. The Morgan fingerprint density at radius 1 is 0.880 bits per heavy atom.